The number of benzene rings is 1. The topological polar surface area (TPSA) is 64.8 Å². The number of carbonyl (C=O) groups excluding carboxylic acids is 1. The zero-order chi connectivity index (χ0) is 16.2. The van der Waals surface area contributed by atoms with Gasteiger partial charge in [0.25, 0.3) is 5.91 Å². The van der Waals surface area contributed by atoms with Crippen molar-refractivity contribution in [1.29, 1.82) is 0 Å². The lowest BCUT2D eigenvalue weighted by molar-refractivity contribution is 0.0616. The molecule has 3 rings (SSSR count). The number of rotatable bonds is 4. The molecule has 2 aliphatic heterocycles. The van der Waals surface area contributed by atoms with Gasteiger partial charge in [-0.15, -0.1) is 0 Å². The monoisotopic (exact) mass is 318 g/mol. The van der Waals surface area contributed by atoms with Crippen LogP contribution in [0.3, 0.4) is 0 Å². The fraction of sp³-hybridized carbons (Fsp3) is 0.611. The number of carbonyl (C=O) groups is 1. The first-order valence-electron chi connectivity index (χ1n) is 8.54. The molecule has 2 N–H and O–H groups in total. The van der Waals surface area contributed by atoms with Crippen molar-refractivity contribution in [3.63, 3.8) is 0 Å². The van der Waals surface area contributed by atoms with Crippen molar-refractivity contribution in [2.45, 2.75) is 50.8 Å². The highest BCUT2D eigenvalue weighted by Gasteiger charge is 2.27. The van der Waals surface area contributed by atoms with Crippen LogP contribution in [0.25, 0.3) is 0 Å². The van der Waals surface area contributed by atoms with E-state index in [9.17, 15) is 4.79 Å². The van der Waals surface area contributed by atoms with E-state index in [4.69, 9.17) is 15.2 Å². The van der Waals surface area contributed by atoms with Crippen LogP contribution < -0.4 is 10.5 Å². The summed E-state index contributed by atoms with van der Waals surface area (Å²) < 4.78 is 11.4. The highest BCUT2D eigenvalue weighted by atomic mass is 16.5. The number of hydrogen-bond donors (Lipinski definition) is 1. The van der Waals surface area contributed by atoms with Gasteiger partial charge >= 0.3 is 0 Å². The zero-order valence-electron chi connectivity index (χ0n) is 13.7. The molecule has 3 unspecified atom stereocenters. The molecule has 2 heterocycles. The Labute approximate surface area is 137 Å². The Morgan fingerprint density at radius 2 is 2.30 bits per heavy atom. The molecule has 3 atom stereocenters. The Kier molecular flexibility index (Phi) is 5.18. The average Bonchev–Trinajstić information content (AvgIpc) is 3.06. The summed E-state index contributed by atoms with van der Waals surface area (Å²) in [4.78, 5) is 14.7. The number of nitrogens with two attached hydrogens (primary N) is 1. The van der Waals surface area contributed by atoms with Gasteiger partial charge in [-0.3, -0.25) is 4.79 Å². The lowest BCUT2D eigenvalue weighted by atomic mass is 9.98. The smallest absolute Gasteiger partial charge is 0.254 e. The molecule has 0 spiro atoms. The zero-order valence-corrected chi connectivity index (χ0v) is 13.7. The predicted octanol–water partition coefficient (Wildman–Crippen LogP) is 2.20. The Bertz CT molecular complexity index is 543. The van der Waals surface area contributed by atoms with Crippen molar-refractivity contribution >= 4 is 5.91 Å². The van der Waals surface area contributed by atoms with E-state index < -0.39 is 0 Å². The fourth-order valence-electron chi connectivity index (χ4n) is 3.36. The van der Waals surface area contributed by atoms with E-state index in [0.29, 0.717) is 12.2 Å². The van der Waals surface area contributed by atoms with Gasteiger partial charge in [-0.25, -0.2) is 0 Å². The van der Waals surface area contributed by atoms with Crippen molar-refractivity contribution in [3.05, 3.63) is 29.8 Å². The first kappa shape index (κ1) is 16.3. The summed E-state index contributed by atoms with van der Waals surface area (Å²) in [7, 11) is 0. The van der Waals surface area contributed by atoms with Crippen molar-refractivity contribution in [2.75, 3.05) is 19.8 Å². The van der Waals surface area contributed by atoms with Gasteiger partial charge in [0.1, 0.15) is 12.4 Å². The van der Waals surface area contributed by atoms with E-state index in [2.05, 4.69) is 6.92 Å². The van der Waals surface area contributed by atoms with Crippen LogP contribution in [0.1, 0.15) is 43.0 Å². The number of hydrogen-bond acceptors (Lipinski definition) is 4. The van der Waals surface area contributed by atoms with Crippen LogP contribution in [0.4, 0.5) is 0 Å². The summed E-state index contributed by atoms with van der Waals surface area (Å²) >= 11 is 0. The summed E-state index contributed by atoms with van der Waals surface area (Å²) in [6.45, 7) is 4.16. The molecule has 1 aromatic carbocycles. The third kappa shape index (κ3) is 4.03. The largest absolute Gasteiger partial charge is 0.491 e. The van der Waals surface area contributed by atoms with Crippen LogP contribution in [0.15, 0.2) is 24.3 Å². The predicted molar refractivity (Wildman–Crippen MR) is 88.6 cm³/mol. The molecule has 2 fully saturated rings. The molecule has 23 heavy (non-hydrogen) atoms. The number of amides is 1. The normalized spacial score (nSPS) is 27.9. The van der Waals surface area contributed by atoms with Gasteiger partial charge in [0.05, 0.1) is 6.10 Å². The van der Waals surface area contributed by atoms with E-state index in [-0.39, 0.29) is 24.1 Å². The summed E-state index contributed by atoms with van der Waals surface area (Å²) in [6, 6.07) is 7.83. The number of likely N-dealkylation sites (tertiary alicyclic amines) is 1. The van der Waals surface area contributed by atoms with Crippen LogP contribution in [-0.4, -0.2) is 48.8 Å². The van der Waals surface area contributed by atoms with Crippen molar-refractivity contribution in [1.82, 2.24) is 4.90 Å². The minimum Gasteiger partial charge on any atom is -0.491 e. The van der Waals surface area contributed by atoms with E-state index in [0.717, 1.165) is 44.6 Å². The second kappa shape index (κ2) is 7.32. The van der Waals surface area contributed by atoms with Gasteiger partial charge in [-0.05, 0) is 50.8 Å². The fourth-order valence-corrected chi connectivity index (χ4v) is 3.36. The minimum atomic E-state index is 0.0620. The second-order valence-electron chi connectivity index (χ2n) is 6.61. The van der Waals surface area contributed by atoms with E-state index in [1.807, 2.05) is 29.2 Å². The van der Waals surface area contributed by atoms with Crippen molar-refractivity contribution < 1.29 is 14.3 Å². The summed E-state index contributed by atoms with van der Waals surface area (Å²) in [5, 5.41) is 0. The summed E-state index contributed by atoms with van der Waals surface area (Å²) in [5.41, 5.74) is 6.66. The first-order valence-corrected chi connectivity index (χ1v) is 8.54. The van der Waals surface area contributed by atoms with Crippen molar-refractivity contribution in [2.24, 2.45) is 5.73 Å². The molecule has 2 aliphatic rings. The molecule has 1 amide bonds. The average molecular weight is 318 g/mol. The molecule has 5 heteroatoms. The van der Waals surface area contributed by atoms with Crippen LogP contribution in [0, 0.1) is 0 Å². The quantitative estimate of drug-likeness (QED) is 0.924. The van der Waals surface area contributed by atoms with Gasteiger partial charge in [-0.1, -0.05) is 6.07 Å². The van der Waals surface area contributed by atoms with Gasteiger partial charge < -0.3 is 20.1 Å². The number of piperidine rings is 1. The molecule has 0 radical (unpaired) electrons. The van der Waals surface area contributed by atoms with Crippen molar-refractivity contribution in [3.8, 4) is 5.75 Å². The lowest BCUT2D eigenvalue weighted by Crippen LogP contribution is -2.48. The molecule has 5 nitrogen and oxygen atoms in total. The Hall–Kier alpha value is -1.59. The molecule has 1 aromatic rings. The van der Waals surface area contributed by atoms with Crippen LogP contribution >= 0.6 is 0 Å². The van der Waals surface area contributed by atoms with Crippen LogP contribution in [-0.2, 0) is 4.74 Å². The number of nitrogens with zero attached hydrogens (tertiary/aromatic N) is 1. The van der Waals surface area contributed by atoms with E-state index >= 15 is 0 Å². The minimum absolute atomic E-state index is 0.0620. The van der Waals surface area contributed by atoms with Gasteiger partial charge in [0.2, 0.25) is 0 Å². The maximum Gasteiger partial charge on any atom is 0.254 e. The second-order valence-corrected chi connectivity index (χ2v) is 6.61. The molecule has 0 bridgehead atoms. The standard InChI is InChI=1S/C18H26N2O3/c1-13-10-15(19)7-8-20(13)18(21)14-4-2-5-16(11-14)23-12-17-6-3-9-22-17/h2,4-5,11,13,15,17H,3,6-10,12,19H2,1H3. The molecule has 0 saturated carbocycles. The Morgan fingerprint density at radius 3 is 3.04 bits per heavy atom. The molecule has 2 saturated heterocycles. The van der Waals surface area contributed by atoms with Crippen LogP contribution in [0.5, 0.6) is 5.75 Å². The highest BCUT2D eigenvalue weighted by molar-refractivity contribution is 5.94. The van der Waals surface area contributed by atoms with Gasteiger partial charge in [-0.2, -0.15) is 0 Å². The first-order chi connectivity index (χ1) is 11.1. The van der Waals surface area contributed by atoms with E-state index in [1.165, 1.54) is 0 Å². The third-order valence-electron chi connectivity index (χ3n) is 4.72. The SMILES string of the molecule is CC1CC(N)CCN1C(=O)c1cccc(OCC2CCCO2)c1. The number of ether oxygens (including phenoxy) is 2. The molecule has 0 aliphatic carbocycles. The maximum absolute atomic E-state index is 12.7. The lowest BCUT2D eigenvalue weighted by Gasteiger charge is -2.36. The van der Waals surface area contributed by atoms with Crippen LogP contribution in [0.2, 0.25) is 0 Å². The Morgan fingerprint density at radius 1 is 1.43 bits per heavy atom. The molecular formula is C18H26N2O3. The maximum atomic E-state index is 12.7. The van der Waals surface area contributed by atoms with Gasteiger partial charge in [0, 0.05) is 30.8 Å². The third-order valence-corrected chi connectivity index (χ3v) is 4.72. The molecule has 126 valence electrons. The summed E-state index contributed by atoms with van der Waals surface area (Å²) in [6.07, 6.45) is 4.05. The Balaban J connectivity index is 1.62. The highest BCUT2D eigenvalue weighted by Crippen LogP contribution is 2.22. The summed E-state index contributed by atoms with van der Waals surface area (Å²) in [5.74, 6) is 0.791. The molecular weight excluding hydrogens is 292 g/mol. The molecule has 0 aromatic heterocycles. The van der Waals surface area contributed by atoms with E-state index in [1.54, 1.807) is 0 Å². The van der Waals surface area contributed by atoms with Gasteiger partial charge in [0.15, 0.2) is 0 Å².